The lowest BCUT2D eigenvalue weighted by Crippen LogP contribution is -1.96. The third-order valence-corrected chi connectivity index (χ3v) is 4.39. The molecule has 0 saturated carbocycles. The smallest absolute Gasteiger partial charge is 0.287 e. The van der Waals surface area contributed by atoms with Crippen LogP contribution in [0.3, 0.4) is 0 Å². The van der Waals surface area contributed by atoms with Gasteiger partial charge in [0.2, 0.25) is 0 Å². The SMILES string of the molecule is COc1cc(OC)cc(-c2cc(/C=C/C(=O)c3ccc([N+](=O)[O-])c(Cl)c3)[nH]n2)c1. The van der Waals surface area contributed by atoms with Crippen LogP contribution in [0.4, 0.5) is 5.69 Å². The fourth-order valence-corrected chi connectivity index (χ4v) is 2.84. The molecule has 0 saturated heterocycles. The fourth-order valence-electron chi connectivity index (χ4n) is 2.60. The van der Waals surface area contributed by atoms with Crippen molar-refractivity contribution in [1.82, 2.24) is 10.2 Å². The summed E-state index contributed by atoms with van der Waals surface area (Å²) in [6.45, 7) is 0. The van der Waals surface area contributed by atoms with Crippen molar-refractivity contribution in [3.8, 4) is 22.8 Å². The van der Waals surface area contributed by atoms with Crippen LogP contribution in [-0.4, -0.2) is 35.1 Å². The summed E-state index contributed by atoms with van der Waals surface area (Å²) in [4.78, 5) is 22.5. The molecule has 0 radical (unpaired) electrons. The van der Waals surface area contributed by atoms with E-state index < -0.39 is 4.92 Å². The van der Waals surface area contributed by atoms with Crippen molar-refractivity contribution < 1.29 is 19.2 Å². The van der Waals surface area contributed by atoms with E-state index in [1.807, 2.05) is 12.1 Å². The molecule has 0 fully saturated rings. The van der Waals surface area contributed by atoms with Crippen LogP contribution >= 0.6 is 11.6 Å². The van der Waals surface area contributed by atoms with E-state index in [1.165, 1.54) is 24.3 Å². The Morgan fingerprint density at radius 1 is 1.14 bits per heavy atom. The molecule has 0 bridgehead atoms. The van der Waals surface area contributed by atoms with E-state index in [0.29, 0.717) is 22.9 Å². The second-order valence-corrected chi connectivity index (χ2v) is 6.34. The van der Waals surface area contributed by atoms with E-state index in [9.17, 15) is 14.9 Å². The van der Waals surface area contributed by atoms with Crippen LogP contribution in [0.5, 0.6) is 11.5 Å². The summed E-state index contributed by atoms with van der Waals surface area (Å²) < 4.78 is 10.5. The standard InChI is InChI=1S/C20H16ClN3O5/c1-28-15-7-13(8-16(11-15)29-2)18-10-14(22-23-18)4-6-20(25)12-3-5-19(24(26)27)17(21)9-12/h3-11H,1-2H3,(H,22,23)/b6-4+. The second-order valence-electron chi connectivity index (χ2n) is 5.93. The molecule has 8 nitrogen and oxygen atoms in total. The van der Waals surface area contributed by atoms with Crippen LogP contribution in [0.15, 0.2) is 48.5 Å². The monoisotopic (exact) mass is 413 g/mol. The number of nitrogens with one attached hydrogen (secondary N) is 1. The Morgan fingerprint density at radius 3 is 2.41 bits per heavy atom. The first-order valence-electron chi connectivity index (χ1n) is 8.36. The molecule has 0 spiro atoms. The number of halogens is 1. The van der Waals surface area contributed by atoms with Gasteiger partial charge in [0, 0.05) is 23.3 Å². The molecule has 0 atom stereocenters. The minimum atomic E-state index is -0.605. The van der Waals surface area contributed by atoms with Crippen molar-refractivity contribution >= 4 is 29.1 Å². The number of benzene rings is 2. The largest absolute Gasteiger partial charge is 0.497 e. The number of aromatic nitrogens is 2. The van der Waals surface area contributed by atoms with E-state index in [1.54, 1.807) is 32.4 Å². The number of allylic oxidation sites excluding steroid dienone is 1. The summed E-state index contributed by atoms with van der Waals surface area (Å²) in [5.41, 5.74) is 2.02. The van der Waals surface area contributed by atoms with Gasteiger partial charge >= 0.3 is 0 Å². The summed E-state index contributed by atoms with van der Waals surface area (Å²) in [6, 6.07) is 11.0. The van der Waals surface area contributed by atoms with Crippen molar-refractivity contribution in [2.75, 3.05) is 14.2 Å². The molecule has 3 aromatic rings. The minimum Gasteiger partial charge on any atom is -0.497 e. The Labute approximate surface area is 170 Å². The zero-order valence-corrected chi connectivity index (χ0v) is 16.3. The number of hydrogen-bond acceptors (Lipinski definition) is 6. The normalized spacial score (nSPS) is 10.9. The van der Waals surface area contributed by atoms with Gasteiger partial charge < -0.3 is 9.47 Å². The van der Waals surface area contributed by atoms with Crippen LogP contribution < -0.4 is 9.47 Å². The van der Waals surface area contributed by atoms with E-state index in [-0.39, 0.29) is 22.1 Å². The van der Waals surface area contributed by atoms with Crippen LogP contribution in [0.2, 0.25) is 5.02 Å². The number of methoxy groups -OCH3 is 2. The molecule has 0 aliphatic heterocycles. The second kappa shape index (κ2) is 8.57. The maximum atomic E-state index is 12.3. The maximum Gasteiger partial charge on any atom is 0.287 e. The quantitative estimate of drug-likeness (QED) is 0.263. The van der Waals surface area contributed by atoms with E-state index >= 15 is 0 Å². The first-order chi connectivity index (χ1) is 13.9. The highest BCUT2D eigenvalue weighted by molar-refractivity contribution is 6.33. The molecule has 2 aromatic carbocycles. The van der Waals surface area contributed by atoms with E-state index in [4.69, 9.17) is 21.1 Å². The van der Waals surface area contributed by atoms with Crippen LogP contribution in [0.25, 0.3) is 17.3 Å². The van der Waals surface area contributed by atoms with Crippen molar-refractivity contribution in [3.05, 3.63) is 74.9 Å². The Bertz CT molecular complexity index is 1080. The number of nitro groups is 1. The topological polar surface area (TPSA) is 107 Å². The van der Waals surface area contributed by atoms with Gasteiger partial charge in [-0.05, 0) is 42.5 Å². The number of aromatic amines is 1. The number of hydrogen-bond donors (Lipinski definition) is 1. The lowest BCUT2D eigenvalue weighted by molar-refractivity contribution is -0.384. The number of carbonyl (C=O) groups excluding carboxylic acids is 1. The summed E-state index contributed by atoms with van der Waals surface area (Å²) in [5, 5.41) is 17.8. The molecule has 29 heavy (non-hydrogen) atoms. The average molecular weight is 414 g/mol. The molecule has 0 aliphatic carbocycles. The summed E-state index contributed by atoms with van der Waals surface area (Å²) >= 11 is 5.85. The Hall–Kier alpha value is -3.65. The van der Waals surface area contributed by atoms with Gasteiger partial charge in [-0.2, -0.15) is 5.10 Å². The number of nitrogens with zero attached hydrogens (tertiary/aromatic N) is 2. The molecule has 9 heteroatoms. The van der Waals surface area contributed by atoms with E-state index in [0.717, 1.165) is 5.56 Å². The Morgan fingerprint density at radius 2 is 1.83 bits per heavy atom. The zero-order chi connectivity index (χ0) is 21.0. The Balaban J connectivity index is 1.79. The van der Waals surface area contributed by atoms with Crippen molar-refractivity contribution in [1.29, 1.82) is 0 Å². The molecule has 0 amide bonds. The predicted octanol–water partition coefficient (Wildman–Crippen LogP) is 4.55. The molecule has 0 unspecified atom stereocenters. The van der Waals surface area contributed by atoms with E-state index in [2.05, 4.69) is 10.2 Å². The lowest BCUT2D eigenvalue weighted by atomic mass is 10.1. The summed E-state index contributed by atoms with van der Waals surface area (Å²) in [7, 11) is 3.13. The van der Waals surface area contributed by atoms with Crippen LogP contribution in [0.1, 0.15) is 16.1 Å². The van der Waals surface area contributed by atoms with Crippen molar-refractivity contribution in [2.24, 2.45) is 0 Å². The summed E-state index contributed by atoms with van der Waals surface area (Å²) in [6.07, 6.45) is 2.90. The lowest BCUT2D eigenvalue weighted by Gasteiger charge is -2.06. The van der Waals surface area contributed by atoms with Gasteiger partial charge in [0.1, 0.15) is 16.5 Å². The van der Waals surface area contributed by atoms with Crippen molar-refractivity contribution in [2.45, 2.75) is 0 Å². The average Bonchev–Trinajstić information content (AvgIpc) is 3.20. The van der Waals surface area contributed by atoms with Crippen LogP contribution in [0, 0.1) is 10.1 Å². The molecular formula is C20H16ClN3O5. The van der Waals surface area contributed by atoms with Gasteiger partial charge in [0.05, 0.1) is 30.5 Å². The highest BCUT2D eigenvalue weighted by atomic mass is 35.5. The van der Waals surface area contributed by atoms with Gasteiger partial charge in [0.25, 0.3) is 5.69 Å². The number of carbonyl (C=O) groups is 1. The third-order valence-electron chi connectivity index (χ3n) is 4.09. The first kappa shape index (κ1) is 20.1. The highest BCUT2D eigenvalue weighted by Crippen LogP contribution is 2.29. The molecule has 1 aromatic heterocycles. The molecule has 1 heterocycles. The maximum absolute atomic E-state index is 12.3. The molecule has 3 rings (SSSR count). The number of nitro benzene ring substituents is 1. The van der Waals surface area contributed by atoms with Gasteiger partial charge in [-0.1, -0.05) is 11.6 Å². The van der Waals surface area contributed by atoms with Crippen molar-refractivity contribution in [3.63, 3.8) is 0 Å². The first-order valence-corrected chi connectivity index (χ1v) is 8.74. The Kier molecular flexibility index (Phi) is 5.94. The van der Waals surface area contributed by atoms with Gasteiger partial charge in [-0.3, -0.25) is 20.0 Å². The molecule has 148 valence electrons. The molecule has 0 aliphatic rings. The van der Waals surface area contributed by atoms with Gasteiger partial charge in [-0.25, -0.2) is 0 Å². The minimum absolute atomic E-state index is 0.0925. The number of ether oxygens (including phenoxy) is 2. The number of ketones is 1. The zero-order valence-electron chi connectivity index (χ0n) is 15.5. The number of H-pyrrole nitrogens is 1. The summed E-state index contributed by atoms with van der Waals surface area (Å²) in [5.74, 6) is 0.912. The molecular weight excluding hydrogens is 398 g/mol. The molecule has 1 N–H and O–H groups in total. The highest BCUT2D eigenvalue weighted by Gasteiger charge is 2.14. The fraction of sp³-hybridized carbons (Fsp3) is 0.100. The number of rotatable bonds is 7. The predicted molar refractivity (Wildman–Crippen MR) is 109 cm³/mol. The third kappa shape index (κ3) is 4.61. The van der Waals surface area contributed by atoms with Crippen LogP contribution in [-0.2, 0) is 0 Å². The van der Waals surface area contributed by atoms with Gasteiger partial charge in [-0.15, -0.1) is 0 Å². The van der Waals surface area contributed by atoms with Gasteiger partial charge in [0.15, 0.2) is 5.78 Å².